The molecule has 8 nitrogen and oxygen atoms in total. The lowest BCUT2D eigenvalue weighted by Crippen LogP contribution is -2.46. The van der Waals surface area contributed by atoms with Crippen molar-refractivity contribution in [2.45, 2.75) is 6.04 Å². The summed E-state index contributed by atoms with van der Waals surface area (Å²) < 4.78 is 5.21. The maximum absolute atomic E-state index is 13.4. The lowest BCUT2D eigenvalue weighted by atomic mass is 10.0. The van der Waals surface area contributed by atoms with Crippen LogP contribution in [0.25, 0.3) is 5.70 Å². The Labute approximate surface area is 180 Å². The molecule has 2 aliphatic heterocycles. The average molecular weight is 417 g/mol. The molecular weight excluding hydrogens is 394 g/mol. The monoisotopic (exact) mass is 417 g/mol. The maximum Gasteiger partial charge on any atom is 0.238 e. The van der Waals surface area contributed by atoms with Crippen molar-refractivity contribution in [3.05, 3.63) is 64.7 Å². The lowest BCUT2D eigenvalue weighted by molar-refractivity contribution is -0.117. The minimum atomic E-state index is -0.426. The molecule has 1 aliphatic carbocycles. The van der Waals surface area contributed by atoms with Crippen molar-refractivity contribution >= 4 is 23.1 Å². The summed E-state index contributed by atoms with van der Waals surface area (Å²) in [5.41, 5.74) is 3.78. The minimum Gasteiger partial charge on any atom is -0.497 e. The summed E-state index contributed by atoms with van der Waals surface area (Å²) in [6.45, 7) is 3.73. The van der Waals surface area contributed by atoms with E-state index in [1.54, 1.807) is 13.2 Å². The van der Waals surface area contributed by atoms with Gasteiger partial charge in [-0.2, -0.15) is 10.2 Å². The van der Waals surface area contributed by atoms with Crippen molar-refractivity contribution in [2.75, 3.05) is 45.2 Å². The molecule has 3 aliphatic rings. The van der Waals surface area contributed by atoms with Crippen LogP contribution in [0.2, 0.25) is 0 Å². The van der Waals surface area contributed by atoms with Crippen LogP contribution in [-0.2, 0) is 4.79 Å². The molecule has 0 radical (unpaired) electrons. The highest BCUT2D eigenvalue weighted by Gasteiger charge is 2.42. The molecule has 0 spiro atoms. The molecule has 2 aromatic carbocycles. The van der Waals surface area contributed by atoms with Crippen molar-refractivity contribution in [2.24, 2.45) is 10.2 Å². The smallest absolute Gasteiger partial charge is 0.238 e. The van der Waals surface area contributed by atoms with Gasteiger partial charge in [0.05, 0.1) is 30.5 Å². The topological polar surface area (TPSA) is 95.4 Å². The van der Waals surface area contributed by atoms with Gasteiger partial charge in [0.2, 0.25) is 5.91 Å². The number of azo groups is 1. The summed E-state index contributed by atoms with van der Waals surface area (Å²) in [5, 5.41) is 14.9. The SMILES string of the molecule is COc1ccc(C2=C3C(=O)c4c(NC(=O)CN5CCNCC5)cccc4C3N=N2)cc1. The number of ketones is 1. The Morgan fingerprint density at radius 3 is 2.71 bits per heavy atom. The van der Waals surface area contributed by atoms with Gasteiger partial charge in [0.25, 0.3) is 0 Å². The van der Waals surface area contributed by atoms with Gasteiger partial charge >= 0.3 is 0 Å². The fraction of sp³-hybridized carbons (Fsp3) is 0.304. The fourth-order valence-corrected chi connectivity index (χ4v) is 4.32. The molecule has 8 heteroatoms. The number of nitrogens with one attached hydrogen (secondary N) is 2. The molecule has 1 fully saturated rings. The first-order valence-electron chi connectivity index (χ1n) is 10.4. The number of piperazine rings is 1. The Morgan fingerprint density at radius 2 is 1.97 bits per heavy atom. The number of anilines is 1. The number of nitrogens with zero attached hydrogens (tertiary/aromatic N) is 3. The predicted octanol–water partition coefficient (Wildman–Crippen LogP) is 2.65. The van der Waals surface area contributed by atoms with Crippen molar-refractivity contribution in [3.63, 3.8) is 0 Å². The van der Waals surface area contributed by atoms with Crippen LogP contribution in [0, 0.1) is 0 Å². The fourth-order valence-electron chi connectivity index (χ4n) is 4.32. The van der Waals surface area contributed by atoms with Gasteiger partial charge in [0.1, 0.15) is 17.5 Å². The largest absolute Gasteiger partial charge is 0.497 e. The van der Waals surface area contributed by atoms with E-state index in [1.807, 2.05) is 36.4 Å². The van der Waals surface area contributed by atoms with Crippen LogP contribution in [-0.4, -0.2) is 56.4 Å². The standard InChI is InChI=1S/C23H23N5O3/c1-31-15-7-5-14(6-8-15)21-20-22(27-26-21)16-3-2-4-17(19(16)23(20)30)25-18(29)13-28-11-9-24-10-12-28/h2-8,22,24H,9-13H2,1H3,(H,25,29). The first kappa shape index (κ1) is 19.6. The average Bonchev–Trinajstić information content (AvgIpc) is 3.35. The van der Waals surface area contributed by atoms with Crippen molar-refractivity contribution in [1.29, 1.82) is 0 Å². The maximum atomic E-state index is 13.4. The van der Waals surface area contributed by atoms with E-state index >= 15 is 0 Å². The van der Waals surface area contributed by atoms with Crippen molar-refractivity contribution < 1.29 is 14.3 Å². The first-order chi connectivity index (χ1) is 15.2. The Bertz CT molecular complexity index is 1100. The molecule has 1 amide bonds. The minimum absolute atomic E-state index is 0.119. The molecule has 2 heterocycles. The van der Waals surface area contributed by atoms with Crippen LogP contribution >= 0.6 is 0 Å². The summed E-state index contributed by atoms with van der Waals surface area (Å²) in [5.74, 6) is 0.483. The van der Waals surface area contributed by atoms with Gasteiger partial charge in [-0.05, 0) is 35.9 Å². The van der Waals surface area contributed by atoms with Crippen LogP contribution in [0.3, 0.4) is 0 Å². The lowest BCUT2D eigenvalue weighted by Gasteiger charge is -2.26. The summed E-state index contributed by atoms with van der Waals surface area (Å²) in [6, 6.07) is 12.5. The predicted molar refractivity (Wildman–Crippen MR) is 116 cm³/mol. The van der Waals surface area contributed by atoms with Crippen molar-refractivity contribution in [1.82, 2.24) is 10.2 Å². The summed E-state index contributed by atoms with van der Waals surface area (Å²) in [6.07, 6.45) is 0. The number of hydrogen-bond donors (Lipinski definition) is 2. The molecule has 1 unspecified atom stereocenters. The van der Waals surface area contributed by atoms with E-state index < -0.39 is 6.04 Å². The molecule has 31 heavy (non-hydrogen) atoms. The van der Waals surface area contributed by atoms with Crippen LogP contribution in [0.1, 0.15) is 27.5 Å². The van der Waals surface area contributed by atoms with Crippen LogP contribution in [0.5, 0.6) is 5.75 Å². The van der Waals surface area contributed by atoms with E-state index in [2.05, 4.69) is 25.8 Å². The number of Topliss-reactive ketones (excluding diaryl/α,β-unsaturated/α-hetero) is 1. The highest BCUT2D eigenvalue weighted by molar-refractivity contribution is 6.22. The number of rotatable bonds is 5. The van der Waals surface area contributed by atoms with Gasteiger partial charge in [0, 0.05) is 31.7 Å². The number of ether oxygens (including phenoxy) is 1. The second-order valence-electron chi connectivity index (χ2n) is 7.78. The first-order valence-corrected chi connectivity index (χ1v) is 10.4. The highest BCUT2D eigenvalue weighted by atomic mass is 16.5. The third kappa shape index (κ3) is 3.54. The third-order valence-corrected chi connectivity index (χ3v) is 5.88. The molecule has 1 saturated heterocycles. The van der Waals surface area contributed by atoms with Gasteiger partial charge < -0.3 is 15.4 Å². The summed E-state index contributed by atoms with van der Waals surface area (Å²) >= 11 is 0. The third-order valence-electron chi connectivity index (χ3n) is 5.88. The number of amides is 1. The van der Waals surface area contributed by atoms with E-state index in [-0.39, 0.29) is 11.7 Å². The quantitative estimate of drug-likeness (QED) is 0.780. The van der Waals surface area contributed by atoms with Crippen LogP contribution in [0.4, 0.5) is 5.69 Å². The Kier molecular flexibility index (Phi) is 5.09. The molecule has 158 valence electrons. The molecular formula is C23H23N5O3. The van der Waals surface area contributed by atoms with E-state index in [0.29, 0.717) is 29.1 Å². The number of benzene rings is 2. The molecule has 5 rings (SSSR count). The molecule has 0 saturated carbocycles. The summed E-state index contributed by atoms with van der Waals surface area (Å²) in [4.78, 5) is 28.1. The zero-order valence-corrected chi connectivity index (χ0v) is 17.2. The van der Waals surface area contributed by atoms with Crippen molar-refractivity contribution in [3.8, 4) is 5.75 Å². The second-order valence-corrected chi connectivity index (χ2v) is 7.78. The molecule has 1 atom stereocenters. The van der Waals surface area contributed by atoms with E-state index in [4.69, 9.17) is 4.74 Å². The Hall–Kier alpha value is -3.36. The molecule has 2 N–H and O–H groups in total. The van der Waals surface area contributed by atoms with Crippen LogP contribution in [0.15, 0.2) is 58.3 Å². The van der Waals surface area contributed by atoms with E-state index in [0.717, 1.165) is 43.1 Å². The zero-order chi connectivity index (χ0) is 21.4. The zero-order valence-electron chi connectivity index (χ0n) is 17.2. The number of hydrogen-bond acceptors (Lipinski definition) is 7. The van der Waals surface area contributed by atoms with Gasteiger partial charge in [-0.25, -0.2) is 0 Å². The Morgan fingerprint density at radius 1 is 1.19 bits per heavy atom. The number of fused-ring (bicyclic) bond motifs is 3. The second kappa shape index (κ2) is 8.05. The normalized spacial score (nSPS) is 20.0. The Balaban J connectivity index is 1.42. The molecule has 0 bridgehead atoms. The number of carbonyl (C=O) groups excluding carboxylic acids is 2. The van der Waals surface area contributed by atoms with E-state index in [1.165, 1.54) is 0 Å². The number of carbonyl (C=O) groups is 2. The van der Waals surface area contributed by atoms with Gasteiger partial charge in [0.15, 0.2) is 5.78 Å². The molecule has 0 aromatic heterocycles. The number of methoxy groups -OCH3 is 1. The van der Waals surface area contributed by atoms with E-state index in [9.17, 15) is 9.59 Å². The highest BCUT2D eigenvalue weighted by Crippen LogP contribution is 2.48. The van der Waals surface area contributed by atoms with Gasteiger partial charge in [-0.1, -0.05) is 12.1 Å². The molecule has 2 aromatic rings. The summed E-state index contributed by atoms with van der Waals surface area (Å²) in [7, 11) is 1.61. The van der Waals surface area contributed by atoms with Gasteiger partial charge in [-0.15, -0.1) is 0 Å². The van der Waals surface area contributed by atoms with Crippen LogP contribution < -0.4 is 15.4 Å². The van der Waals surface area contributed by atoms with Gasteiger partial charge in [-0.3, -0.25) is 14.5 Å².